The number of amides is 3. The standard InChI is InChI=1S/C15H24N4O2/c1-10(2)18-14(20)9-17-15(21)19-13-7-5-6-12(8-13)11(3)16-4/h5-8,10-11,16H,9H2,1-4H3,(H,18,20)(H2,17,19,21). The fourth-order valence-corrected chi connectivity index (χ4v) is 1.76. The molecule has 0 saturated carbocycles. The fourth-order valence-electron chi connectivity index (χ4n) is 1.76. The summed E-state index contributed by atoms with van der Waals surface area (Å²) < 4.78 is 0. The lowest BCUT2D eigenvalue weighted by molar-refractivity contribution is -0.120. The van der Waals surface area contributed by atoms with Crippen molar-refractivity contribution in [3.05, 3.63) is 29.8 Å². The molecule has 21 heavy (non-hydrogen) atoms. The van der Waals surface area contributed by atoms with E-state index in [-0.39, 0.29) is 24.5 Å². The summed E-state index contributed by atoms with van der Waals surface area (Å²) in [6.45, 7) is 5.73. The molecule has 0 aliphatic carbocycles. The summed E-state index contributed by atoms with van der Waals surface area (Å²) in [5.41, 5.74) is 1.77. The number of nitrogens with one attached hydrogen (secondary N) is 4. The Kier molecular flexibility index (Phi) is 6.68. The summed E-state index contributed by atoms with van der Waals surface area (Å²) in [4.78, 5) is 23.2. The Labute approximate surface area is 125 Å². The van der Waals surface area contributed by atoms with Crippen LogP contribution in [0, 0.1) is 0 Å². The first-order chi connectivity index (χ1) is 9.92. The molecular weight excluding hydrogens is 268 g/mol. The van der Waals surface area contributed by atoms with E-state index >= 15 is 0 Å². The van der Waals surface area contributed by atoms with Crippen LogP contribution < -0.4 is 21.3 Å². The molecule has 0 spiro atoms. The average molecular weight is 292 g/mol. The summed E-state index contributed by atoms with van der Waals surface area (Å²) in [5, 5.41) is 11.1. The molecule has 4 N–H and O–H groups in total. The minimum absolute atomic E-state index is 0.0450. The molecule has 1 aromatic carbocycles. The van der Waals surface area contributed by atoms with E-state index in [1.54, 1.807) is 6.07 Å². The Bertz CT molecular complexity index is 488. The molecule has 0 saturated heterocycles. The Balaban J connectivity index is 2.49. The second kappa shape index (κ2) is 8.26. The van der Waals surface area contributed by atoms with E-state index in [0.29, 0.717) is 5.69 Å². The van der Waals surface area contributed by atoms with Crippen LogP contribution in [0.1, 0.15) is 32.4 Å². The van der Waals surface area contributed by atoms with Crippen LogP contribution in [0.2, 0.25) is 0 Å². The van der Waals surface area contributed by atoms with Crippen molar-refractivity contribution in [2.24, 2.45) is 0 Å². The topological polar surface area (TPSA) is 82.3 Å². The first-order valence-corrected chi connectivity index (χ1v) is 7.03. The molecule has 1 unspecified atom stereocenters. The molecule has 1 atom stereocenters. The Hall–Kier alpha value is -2.08. The number of carbonyl (C=O) groups excluding carboxylic acids is 2. The number of rotatable bonds is 6. The van der Waals surface area contributed by atoms with Crippen molar-refractivity contribution in [3.63, 3.8) is 0 Å². The molecule has 3 amide bonds. The summed E-state index contributed by atoms with van der Waals surface area (Å²) >= 11 is 0. The minimum atomic E-state index is -0.400. The van der Waals surface area contributed by atoms with E-state index in [1.807, 2.05) is 46.0 Å². The summed E-state index contributed by atoms with van der Waals surface area (Å²) in [6.07, 6.45) is 0. The highest BCUT2D eigenvalue weighted by atomic mass is 16.2. The zero-order valence-electron chi connectivity index (χ0n) is 13.0. The maximum Gasteiger partial charge on any atom is 0.319 e. The number of hydrogen-bond donors (Lipinski definition) is 4. The highest BCUT2D eigenvalue weighted by molar-refractivity contribution is 5.92. The second-order valence-electron chi connectivity index (χ2n) is 5.17. The highest BCUT2D eigenvalue weighted by Crippen LogP contribution is 2.16. The molecule has 0 bridgehead atoms. The Morgan fingerprint density at radius 1 is 1.19 bits per heavy atom. The summed E-state index contributed by atoms with van der Waals surface area (Å²) in [5.74, 6) is -0.210. The van der Waals surface area contributed by atoms with Gasteiger partial charge >= 0.3 is 6.03 Å². The van der Waals surface area contributed by atoms with Crippen LogP contribution in [-0.4, -0.2) is 31.6 Å². The lowest BCUT2D eigenvalue weighted by Gasteiger charge is -2.13. The van der Waals surface area contributed by atoms with E-state index < -0.39 is 6.03 Å². The van der Waals surface area contributed by atoms with Gasteiger partial charge in [-0.25, -0.2) is 4.79 Å². The minimum Gasteiger partial charge on any atom is -0.352 e. The van der Waals surface area contributed by atoms with Gasteiger partial charge in [-0.2, -0.15) is 0 Å². The normalized spacial score (nSPS) is 11.9. The number of urea groups is 1. The van der Waals surface area contributed by atoms with Gasteiger partial charge in [-0.1, -0.05) is 12.1 Å². The Morgan fingerprint density at radius 2 is 1.90 bits per heavy atom. The quantitative estimate of drug-likeness (QED) is 0.643. The number of benzene rings is 1. The third-order valence-electron chi connectivity index (χ3n) is 2.94. The molecule has 6 nitrogen and oxygen atoms in total. The molecule has 0 heterocycles. The second-order valence-corrected chi connectivity index (χ2v) is 5.17. The first kappa shape index (κ1) is 17.0. The van der Waals surface area contributed by atoms with Gasteiger partial charge in [0.25, 0.3) is 0 Å². The fraction of sp³-hybridized carbons (Fsp3) is 0.467. The maximum atomic E-state index is 11.7. The van der Waals surface area contributed by atoms with E-state index in [1.165, 1.54) is 0 Å². The van der Waals surface area contributed by atoms with Gasteiger partial charge in [0.1, 0.15) is 0 Å². The monoisotopic (exact) mass is 292 g/mol. The smallest absolute Gasteiger partial charge is 0.319 e. The largest absolute Gasteiger partial charge is 0.352 e. The zero-order valence-corrected chi connectivity index (χ0v) is 13.0. The molecule has 1 aromatic rings. The summed E-state index contributed by atoms with van der Waals surface area (Å²) in [6, 6.07) is 7.43. The number of carbonyl (C=O) groups is 2. The van der Waals surface area contributed by atoms with Gasteiger partial charge in [0.05, 0.1) is 6.54 Å². The predicted molar refractivity (Wildman–Crippen MR) is 84.2 cm³/mol. The Morgan fingerprint density at radius 3 is 2.52 bits per heavy atom. The van der Waals surface area contributed by atoms with Crippen LogP contribution in [0.25, 0.3) is 0 Å². The molecule has 0 aliphatic heterocycles. The molecule has 0 radical (unpaired) electrons. The number of hydrogen-bond acceptors (Lipinski definition) is 3. The van der Waals surface area contributed by atoms with E-state index in [0.717, 1.165) is 5.56 Å². The van der Waals surface area contributed by atoms with Crippen LogP contribution in [0.15, 0.2) is 24.3 Å². The van der Waals surface area contributed by atoms with Gasteiger partial charge in [-0.15, -0.1) is 0 Å². The van der Waals surface area contributed by atoms with Crippen LogP contribution in [0.5, 0.6) is 0 Å². The molecule has 1 rings (SSSR count). The molecule has 0 aromatic heterocycles. The van der Waals surface area contributed by atoms with Crippen molar-refractivity contribution in [3.8, 4) is 0 Å². The SMILES string of the molecule is CNC(C)c1cccc(NC(=O)NCC(=O)NC(C)C)c1. The predicted octanol–water partition coefficient (Wildman–Crippen LogP) is 1.61. The van der Waals surface area contributed by atoms with E-state index in [2.05, 4.69) is 21.3 Å². The highest BCUT2D eigenvalue weighted by Gasteiger charge is 2.08. The van der Waals surface area contributed by atoms with E-state index in [9.17, 15) is 9.59 Å². The van der Waals surface area contributed by atoms with Crippen molar-refractivity contribution in [2.75, 3.05) is 18.9 Å². The van der Waals surface area contributed by atoms with Gasteiger partial charge in [0, 0.05) is 17.8 Å². The van der Waals surface area contributed by atoms with Gasteiger partial charge in [-0.3, -0.25) is 4.79 Å². The molecule has 116 valence electrons. The van der Waals surface area contributed by atoms with Crippen LogP contribution in [0.3, 0.4) is 0 Å². The first-order valence-electron chi connectivity index (χ1n) is 7.03. The molecule has 0 fully saturated rings. The molecular formula is C15H24N4O2. The van der Waals surface area contributed by atoms with Gasteiger partial charge in [0.2, 0.25) is 5.91 Å². The summed E-state index contributed by atoms with van der Waals surface area (Å²) in [7, 11) is 1.88. The van der Waals surface area contributed by atoms with Gasteiger partial charge < -0.3 is 21.3 Å². The van der Waals surface area contributed by atoms with Crippen LogP contribution in [-0.2, 0) is 4.79 Å². The molecule has 6 heteroatoms. The van der Waals surface area contributed by atoms with Crippen molar-refractivity contribution in [1.82, 2.24) is 16.0 Å². The number of anilines is 1. The third-order valence-corrected chi connectivity index (χ3v) is 2.94. The van der Waals surface area contributed by atoms with Crippen LogP contribution >= 0.6 is 0 Å². The van der Waals surface area contributed by atoms with Crippen molar-refractivity contribution in [2.45, 2.75) is 32.9 Å². The third kappa shape index (κ3) is 6.27. The van der Waals surface area contributed by atoms with Crippen molar-refractivity contribution < 1.29 is 9.59 Å². The lowest BCUT2D eigenvalue weighted by atomic mass is 10.1. The van der Waals surface area contributed by atoms with Crippen molar-refractivity contribution in [1.29, 1.82) is 0 Å². The maximum absolute atomic E-state index is 11.7. The molecule has 0 aliphatic rings. The van der Waals surface area contributed by atoms with E-state index in [4.69, 9.17) is 0 Å². The zero-order chi connectivity index (χ0) is 15.8. The van der Waals surface area contributed by atoms with Gasteiger partial charge in [-0.05, 0) is 45.5 Å². The van der Waals surface area contributed by atoms with Crippen LogP contribution in [0.4, 0.5) is 10.5 Å². The lowest BCUT2D eigenvalue weighted by Crippen LogP contribution is -2.41. The average Bonchev–Trinajstić information content (AvgIpc) is 2.44. The van der Waals surface area contributed by atoms with Crippen molar-refractivity contribution >= 4 is 17.6 Å². The van der Waals surface area contributed by atoms with Gasteiger partial charge in [0.15, 0.2) is 0 Å².